The van der Waals surface area contributed by atoms with Gasteiger partial charge in [-0.05, 0) is 50.6 Å². The molecule has 3 rings (SSSR count). The molecule has 0 aromatic rings. The van der Waals surface area contributed by atoms with Crippen molar-refractivity contribution in [1.82, 2.24) is 10.2 Å². The SMILES string of the molecule is O=C([C@H]1CC12CCNCC2)N1CCCC1. The van der Waals surface area contributed by atoms with E-state index in [1.54, 1.807) is 0 Å². The smallest absolute Gasteiger partial charge is 0.226 e. The number of hydrogen-bond donors (Lipinski definition) is 1. The van der Waals surface area contributed by atoms with Gasteiger partial charge in [-0.25, -0.2) is 0 Å². The maximum Gasteiger partial charge on any atom is 0.226 e. The van der Waals surface area contributed by atoms with E-state index in [2.05, 4.69) is 10.2 Å². The number of rotatable bonds is 1. The van der Waals surface area contributed by atoms with Crippen LogP contribution >= 0.6 is 0 Å². The van der Waals surface area contributed by atoms with Crippen LogP contribution in [0.2, 0.25) is 0 Å². The summed E-state index contributed by atoms with van der Waals surface area (Å²) in [6.45, 7) is 4.26. The quantitative estimate of drug-likeness (QED) is 0.697. The maximum absolute atomic E-state index is 12.2. The van der Waals surface area contributed by atoms with Crippen molar-refractivity contribution in [2.75, 3.05) is 26.2 Å². The van der Waals surface area contributed by atoms with E-state index < -0.39 is 0 Å². The zero-order valence-corrected chi connectivity index (χ0v) is 9.30. The maximum atomic E-state index is 12.2. The van der Waals surface area contributed by atoms with Crippen molar-refractivity contribution in [3.63, 3.8) is 0 Å². The Morgan fingerprint density at radius 3 is 2.53 bits per heavy atom. The van der Waals surface area contributed by atoms with Crippen LogP contribution < -0.4 is 5.32 Å². The Balaban J connectivity index is 1.62. The van der Waals surface area contributed by atoms with Gasteiger partial charge in [0, 0.05) is 19.0 Å². The topological polar surface area (TPSA) is 32.3 Å². The minimum Gasteiger partial charge on any atom is -0.342 e. The van der Waals surface area contributed by atoms with Gasteiger partial charge in [0.25, 0.3) is 0 Å². The number of nitrogens with one attached hydrogen (secondary N) is 1. The molecule has 1 atom stereocenters. The lowest BCUT2D eigenvalue weighted by Crippen LogP contribution is -2.35. The van der Waals surface area contributed by atoms with Crippen molar-refractivity contribution >= 4 is 5.91 Å². The summed E-state index contributed by atoms with van der Waals surface area (Å²) in [5, 5.41) is 3.38. The van der Waals surface area contributed by atoms with Crippen LogP contribution in [-0.4, -0.2) is 37.0 Å². The summed E-state index contributed by atoms with van der Waals surface area (Å²) in [6.07, 6.45) is 6.04. The minimum atomic E-state index is 0.387. The number of piperidine rings is 1. The fourth-order valence-corrected chi connectivity index (χ4v) is 3.33. The standard InChI is InChI=1S/C12H20N2O/c15-11(14-7-1-2-8-14)10-9-12(10)3-5-13-6-4-12/h10,13H,1-9H2/t10-/m1/s1. The summed E-state index contributed by atoms with van der Waals surface area (Å²) in [7, 11) is 0. The molecule has 0 unspecified atom stereocenters. The highest BCUT2D eigenvalue weighted by Gasteiger charge is 2.58. The second-order valence-electron chi connectivity index (χ2n) is 5.40. The first-order valence-corrected chi connectivity index (χ1v) is 6.31. The third-order valence-electron chi connectivity index (χ3n) is 4.50. The van der Waals surface area contributed by atoms with Crippen LogP contribution in [0.1, 0.15) is 32.1 Å². The summed E-state index contributed by atoms with van der Waals surface area (Å²) in [6, 6.07) is 0. The number of nitrogens with zero attached hydrogens (tertiary/aromatic N) is 1. The molecule has 1 N–H and O–H groups in total. The van der Waals surface area contributed by atoms with Gasteiger partial charge in [-0.3, -0.25) is 4.79 Å². The summed E-state index contributed by atoms with van der Waals surface area (Å²) in [5.41, 5.74) is 0.422. The highest BCUT2D eigenvalue weighted by Crippen LogP contribution is 2.59. The molecule has 0 aromatic heterocycles. The molecule has 0 radical (unpaired) electrons. The monoisotopic (exact) mass is 208 g/mol. The average molecular weight is 208 g/mol. The van der Waals surface area contributed by atoms with Crippen LogP contribution in [0.15, 0.2) is 0 Å². The molecule has 3 heteroatoms. The van der Waals surface area contributed by atoms with Crippen LogP contribution in [0.3, 0.4) is 0 Å². The largest absolute Gasteiger partial charge is 0.342 e. The Kier molecular flexibility index (Phi) is 2.23. The number of carbonyl (C=O) groups is 1. The molecule has 0 bridgehead atoms. The lowest BCUT2D eigenvalue weighted by atomic mass is 9.91. The highest BCUT2D eigenvalue weighted by molar-refractivity contribution is 5.83. The lowest BCUT2D eigenvalue weighted by molar-refractivity contribution is -0.132. The Hall–Kier alpha value is -0.570. The van der Waals surface area contributed by atoms with E-state index >= 15 is 0 Å². The Bertz CT molecular complexity index is 265. The summed E-state index contributed by atoms with van der Waals surface area (Å²) < 4.78 is 0. The molecule has 1 spiro atoms. The van der Waals surface area contributed by atoms with Crippen molar-refractivity contribution in [2.24, 2.45) is 11.3 Å². The van der Waals surface area contributed by atoms with E-state index in [-0.39, 0.29) is 0 Å². The predicted octanol–water partition coefficient (Wildman–Crippen LogP) is 0.998. The van der Waals surface area contributed by atoms with Gasteiger partial charge in [0.1, 0.15) is 0 Å². The third-order valence-corrected chi connectivity index (χ3v) is 4.50. The van der Waals surface area contributed by atoms with Gasteiger partial charge >= 0.3 is 0 Å². The van der Waals surface area contributed by atoms with Crippen molar-refractivity contribution in [3.8, 4) is 0 Å². The normalized spacial score (nSPS) is 33.3. The van der Waals surface area contributed by atoms with Gasteiger partial charge in [0.15, 0.2) is 0 Å². The molecule has 2 aliphatic heterocycles. The van der Waals surface area contributed by atoms with Crippen LogP contribution in [0.4, 0.5) is 0 Å². The van der Waals surface area contributed by atoms with Crippen molar-refractivity contribution < 1.29 is 4.79 Å². The van der Waals surface area contributed by atoms with Crippen LogP contribution in [0, 0.1) is 11.3 Å². The Morgan fingerprint density at radius 2 is 1.87 bits per heavy atom. The number of carbonyl (C=O) groups excluding carboxylic acids is 1. The molecule has 84 valence electrons. The fourth-order valence-electron chi connectivity index (χ4n) is 3.33. The van der Waals surface area contributed by atoms with E-state index in [4.69, 9.17) is 0 Å². The minimum absolute atomic E-state index is 0.387. The molecule has 1 amide bonds. The number of likely N-dealkylation sites (tertiary alicyclic amines) is 1. The molecule has 0 aromatic carbocycles. The van der Waals surface area contributed by atoms with E-state index in [0.29, 0.717) is 17.2 Å². The van der Waals surface area contributed by atoms with E-state index in [0.717, 1.165) is 26.2 Å². The molecule has 3 nitrogen and oxygen atoms in total. The second kappa shape index (κ2) is 3.48. The third kappa shape index (κ3) is 1.57. The molecule has 1 aliphatic carbocycles. The number of hydrogen-bond acceptors (Lipinski definition) is 2. The molecule has 2 heterocycles. The fraction of sp³-hybridized carbons (Fsp3) is 0.917. The predicted molar refractivity (Wildman–Crippen MR) is 58.5 cm³/mol. The average Bonchev–Trinajstić information content (AvgIpc) is 2.76. The van der Waals surface area contributed by atoms with E-state index in [9.17, 15) is 4.79 Å². The second-order valence-corrected chi connectivity index (χ2v) is 5.40. The lowest BCUT2D eigenvalue weighted by Gasteiger charge is -2.24. The van der Waals surface area contributed by atoms with Crippen LogP contribution in [0.25, 0.3) is 0 Å². The first-order chi connectivity index (χ1) is 7.32. The molecule has 1 saturated carbocycles. The summed E-state index contributed by atoms with van der Waals surface area (Å²) in [5.74, 6) is 0.854. The van der Waals surface area contributed by atoms with Crippen molar-refractivity contribution in [1.29, 1.82) is 0 Å². The van der Waals surface area contributed by atoms with Gasteiger partial charge in [-0.1, -0.05) is 0 Å². The molecule has 15 heavy (non-hydrogen) atoms. The van der Waals surface area contributed by atoms with E-state index in [1.807, 2.05) is 0 Å². The summed E-state index contributed by atoms with van der Waals surface area (Å²) >= 11 is 0. The Labute approximate surface area is 91.2 Å². The first kappa shape index (κ1) is 9.64. The van der Waals surface area contributed by atoms with Gasteiger partial charge in [-0.2, -0.15) is 0 Å². The number of amides is 1. The van der Waals surface area contributed by atoms with Crippen molar-refractivity contribution in [2.45, 2.75) is 32.1 Å². The van der Waals surface area contributed by atoms with Gasteiger partial charge in [-0.15, -0.1) is 0 Å². The zero-order chi connectivity index (χ0) is 10.3. The molecular formula is C12H20N2O. The molecule has 2 saturated heterocycles. The first-order valence-electron chi connectivity index (χ1n) is 6.31. The molecule has 3 fully saturated rings. The van der Waals surface area contributed by atoms with Gasteiger partial charge in [0.2, 0.25) is 5.91 Å². The van der Waals surface area contributed by atoms with E-state index in [1.165, 1.54) is 32.1 Å². The zero-order valence-electron chi connectivity index (χ0n) is 9.30. The van der Waals surface area contributed by atoms with Gasteiger partial charge in [0.05, 0.1) is 0 Å². The Morgan fingerprint density at radius 1 is 1.20 bits per heavy atom. The summed E-state index contributed by atoms with van der Waals surface area (Å²) in [4.78, 5) is 14.3. The van der Waals surface area contributed by atoms with Crippen LogP contribution in [-0.2, 0) is 4.79 Å². The molecular weight excluding hydrogens is 188 g/mol. The molecule has 3 aliphatic rings. The van der Waals surface area contributed by atoms with Crippen molar-refractivity contribution in [3.05, 3.63) is 0 Å². The van der Waals surface area contributed by atoms with Gasteiger partial charge < -0.3 is 10.2 Å². The van der Waals surface area contributed by atoms with Crippen LogP contribution in [0.5, 0.6) is 0 Å². The highest BCUT2D eigenvalue weighted by atomic mass is 16.2.